The van der Waals surface area contributed by atoms with Crippen LogP contribution in [0.5, 0.6) is 0 Å². The van der Waals surface area contributed by atoms with E-state index in [1.807, 2.05) is 19.3 Å². The number of hydrogen-bond donors (Lipinski definition) is 2. The molecule has 6 nitrogen and oxygen atoms in total. The molecule has 0 saturated heterocycles. The molecule has 0 fully saturated rings. The monoisotopic (exact) mass is 285 g/mol. The molecule has 0 spiro atoms. The summed E-state index contributed by atoms with van der Waals surface area (Å²) in [5, 5.41) is 5.80. The van der Waals surface area contributed by atoms with Crippen LogP contribution in [-0.2, 0) is 13.0 Å². The molecule has 2 amide bonds. The summed E-state index contributed by atoms with van der Waals surface area (Å²) in [5.74, 6) is 1.56. The van der Waals surface area contributed by atoms with Gasteiger partial charge in [-0.25, -0.2) is 9.78 Å². The number of imidazole rings is 1. The lowest BCUT2D eigenvalue weighted by Crippen LogP contribution is -2.35. The van der Waals surface area contributed by atoms with E-state index in [-0.39, 0.29) is 6.03 Å². The zero-order valence-corrected chi connectivity index (χ0v) is 12.0. The number of carbonyl (C=O) groups excluding carboxylic acids is 1. The number of hydrogen-bond acceptors (Lipinski definition) is 3. The Labute approximate surface area is 123 Å². The van der Waals surface area contributed by atoms with Gasteiger partial charge in [0.2, 0.25) is 0 Å². The number of carbonyl (C=O) groups is 1. The zero-order chi connectivity index (χ0) is 14.7. The summed E-state index contributed by atoms with van der Waals surface area (Å²) in [6, 6.07) is 1.63. The third kappa shape index (κ3) is 3.21. The van der Waals surface area contributed by atoms with Crippen molar-refractivity contribution in [2.45, 2.75) is 26.3 Å². The highest BCUT2D eigenvalue weighted by atomic mass is 16.2. The Morgan fingerprint density at radius 2 is 2.38 bits per heavy atom. The Bertz CT molecular complexity index is 636. The number of amides is 2. The molecule has 2 aromatic heterocycles. The van der Waals surface area contributed by atoms with E-state index in [2.05, 4.69) is 25.2 Å². The van der Waals surface area contributed by atoms with Gasteiger partial charge in [0.15, 0.2) is 0 Å². The van der Waals surface area contributed by atoms with Crippen LogP contribution in [-0.4, -0.2) is 27.1 Å². The Morgan fingerprint density at radius 3 is 3.24 bits per heavy atom. The van der Waals surface area contributed by atoms with Gasteiger partial charge in [0.1, 0.15) is 5.82 Å². The Balaban J connectivity index is 1.50. The minimum Gasteiger partial charge on any atom is -0.338 e. The van der Waals surface area contributed by atoms with Crippen molar-refractivity contribution in [2.24, 2.45) is 5.92 Å². The number of urea groups is 1. The van der Waals surface area contributed by atoms with Crippen molar-refractivity contribution in [3.8, 4) is 0 Å². The van der Waals surface area contributed by atoms with E-state index in [0.717, 1.165) is 36.5 Å². The second kappa shape index (κ2) is 5.95. The van der Waals surface area contributed by atoms with E-state index >= 15 is 0 Å². The van der Waals surface area contributed by atoms with Gasteiger partial charge >= 0.3 is 6.03 Å². The van der Waals surface area contributed by atoms with Crippen molar-refractivity contribution in [3.05, 3.63) is 42.2 Å². The molecule has 110 valence electrons. The summed E-state index contributed by atoms with van der Waals surface area (Å²) in [4.78, 5) is 20.3. The van der Waals surface area contributed by atoms with Crippen LogP contribution in [0, 0.1) is 12.8 Å². The van der Waals surface area contributed by atoms with Crippen molar-refractivity contribution in [1.29, 1.82) is 0 Å². The van der Waals surface area contributed by atoms with Gasteiger partial charge in [-0.2, -0.15) is 0 Å². The molecule has 6 heteroatoms. The van der Waals surface area contributed by atoms with Crippen LogP contribution in [0.1, 0.15) is 17.8 Å². The van der Waals surface area contributed by atoms with Crippen molar-refractivity contribution < 1.29 is 4.79 Å². The first kappa shape index (κ1) is 13.6. The third-order valence-electron chi connectivity index (χ3n) is 3.87. The average Bonchev–Trinajstić information content (AvgIpc) is 2.95. The first-order chi connectivity index (χ1) is 10.2. The standard InChI is InChI=1S/C15H19N5O/c1-11-9-16-4-2-13(11)19-15(21)18-10-12-3-6-20-7-5-17-14(20)8-12/h2,4-5,7,9,12H,3,6,8,10H2,1H3,(H2,16,18,19,21). The Kier molecular flexibility index (Phi) is 3.85. The molecule has 0 radical (unpaired) electrons. The Morgan fingerprint density at radius 1 is 1.48 bits per heavy atom. The first-order valence-electron chi connectivity index (χ1n) is 7.18. The van der Waals surface area contributed by atoms with Crippen LogP contribution >= 0.6 is 0 Å². The molecular weight excluding hydrogens is 266 g/mol. The van der Waals surface area contributed by atoms with Crippen LogP contribution in [0.15, 0.2) is 30.9 Å². The molecule has 3 rings (SSSR count). The molecular formula is C15H19N5O. The first-order valence-corrected chi connectivity index (χ1v) is 7.18. The van der Waals surface area contributed by atoms with Gasteiger partial charge in [-0.3, -0.25) is 4.98 Å². The fourth-order valence-corrected chi connectivity index (χ4v) is 2.61. The minimum absolute atomic E-state index is 0.168. The molecule has 21 heavy (non-hydrogen) atoms. The van der Waals surface area contributed by atoms with Gasteiger partial charge in [-0.05, 0) is 30.9 Å². The molecule has 0 aliphatic carbocycles. The van der Waals surface area contributed by atoms with Crippen LogP contribution in [0.25, 0.3) is 0 Å². The largest absolute Gasteiger partial charge is 0.338 e. The molecule has 2 N–H and O–H groups in total. The quantitative estimate of drug-likeness (QED) is 0.905. The third-order valence-corrected chi connectivity index (χ3v) is 3.87. The lowest BCUT2D eigenvalue weighted by molar-refractivity contribution is 0.248. The van der Waals surface area contributed by atoms with Crippen LogP contribution in [0.3, 0.4) is 0 Å². The van der Waals surface area contributed by atoms with E-state index in [1.165, 1.54) is 0 Å². The number of fused-ring (bicyclic) bond motifs is 1. The van der Waals surface area contributed by atoms with Gasteiger partial charge in [0.05, 0.1) is 0 Å². The maximum Gasteiger partial charge on any atom is 0.319 e. The smallest absolute Gasteiger partial charge is 0.319 e. The van der Waals surface area contributed by atoms with Crippen molar-refractivity contribution in [1.82, 2.24) is 19.9 Å². The molecule has 3 heterocycles. The van der Waals surface area contributed by atoms with Crippen LogP contribution < -0.4 is 10.6 Å². The fourth-order valence-electron chi connectivity index (χ4n) is 2.61. The molecule has 1 unspecified atom stereocenters. The maximum absolute atomic E-state index is 11.9. The zero-order valence-electron chi connectivity index (χ0n) is 12.0. The number of rotatable bonds is 3. The average molecular weight is 285 g/mol. The van der Waals surface area contributed by atoms with Crippen molar-refractivity contribution in [2.75, 3.05) is 11.9 Å². The van der Waals surface area contributed by atoms with Crippen LogP contribution in [0.4, 0.5) is 10.5 Å². The summed E-state index contributed by atoms with van der Waals surface area (Å²) in [6.07, 6.45) is 9.24. The van der Waals surface area contributed by atoms with E-state index in [4.69, 9.17) is 0 Å². The second-order valence-corrected chi connectivity index (χ2v) is 5.42. The molecule has 0 saturated carbocycles. The lowest BCUT2D eigenvalue weighted by Gasteiger charge is -2.23. The normalized spacial score (nSPS) is 17.1. The highest BCUT2D eigenvalue weighted by Crippen LogP contribution is 2.18. The molecule has 1 atom stereocenters. The van der Waals surface area contributed by atoms with Gasteiger partial charge in [0.25, 0.3) is 0 Å². The summed E-state index contributed by atoms with van der Waals surface area (Å²) < 4.78 is 2.18. The van der Waals surface area contributed by atoms with Gasteiger partial charge in [-0.1, -0.05) is 0 Å². The van der Waals surface area contributed by atoms with E-state index < -0.39 is 0 Å². The van der Waals surface area contributed by atoms with Gasteiger partial charge in [0, 0.05) is 50.0 Å². The summed E-state index contributed by atoms with van der Waals surface area (Å²) in [5.41, 5.74) is 1.74. The molecule has 2 aromatic rings. The number of nitrogens with zero attached hydrogens (tertiary/aromatic N) is 3. The predicted octanol–water partition coefficient (Wildman–Crippen LogP) is 1.97. The maximum atomic E-state index is 11.9. The minimum atomic E-state index is -0.168. The predicted molar refractivity (Wildman–Crippen MR) is 80.0 cm³/mol. The summed E-state index contributed by atoms with van der Waals surface area (Å²) >= 11 is 0. The number of aryl methyl sites for hydroxylation is 2. The van der Waals surface area contributed by atoms with E-state index in [0.29, 0.717) is 12.5 Å². The lowest BCUT2D eigenvalue weighted by atomic mass is 9.98. The summed E-state index contributed by atoms with van der Waals surface area (Å²) in [6.45, 7) is 3.57. The molecule has 1 aliphatic heterocycles. The highest BCUT2D eigenvalue weighted by Gasteiger charge is 2.19. The Hall–Kier alpha value is -2.37. The van der Waals surface area contributed by atoms with Crippen molar-refractivity contribution >= 4 is 11.7 Å². The molecule has 0 bridgehead atoms. The summed E-state index contributed by atoms with van der Waals surface area (Å²) in [7, 11) is 0. The fraction of sp³-hybridized carbons (Fsp3) is 0.400. The number of nitrogens with one attached hydrogen (secondary N) is 2. The highest BCUT2D eigenvalue weighted by molar-refractivity contribution is 5.89. The van der Waals surface area contributed by atoms with E-state index in [9.17, 15) is 4.79 Å². The second-order valence-electron chi connectivity index (χ2n) is 5.42. The van der Waals surface area contributed by atoms with Gasteiger partial charge < -0.3 is 15.2 Å². The molecule has 0 aromatic carbocycles. The number of aromatic nitrogens is 3. The number of anilines is 1. The topological polar surface area (TPSA) is 71.8 Å². The van der Waals surface area contributed by atoms with Crippen LogP contribution in [0.2, 0.25) is 0 Å². The van der Waals surface area contributed by atoms with Crippen molar-refractivity contribution in [3.63, 3.8) is 0 Å². The number of pyridine rings is 1. The van der Waals surface area contributed by atoms with E-state index in [1.54, 1.807) is 18.5 Å². The SMILES string of the molecule is Cc1cnccc1NC(=O)NCC1CCn2ccnc2C1. The molecule has 1 aliphatic rings. The van der Waals surface area contributed by atoms with Gasteiger partial charge in [-0.15, -0.1) is 0 Å².